The SMILES string of the molecule is C=CCn1c(CNC(=O)/C=C/c2ccccc2Cl)nnc1SCC(=O)Nc1ccc2ccccc2c1. The lowest BCUT2D eigenvalue weighted by Gasteiger charge is -2.09. The molecule has 2 amide bonds. The van der Waals surface area contributed by atoms with Crippen molar-refractivity contribution in [3.63, 3.8) is 0 Å². The van der Waals surface area contributed by atoms with Crippen molar-refractivity contribution in [1.82, 2.24) is 20.1 Å². The first-order valence-electron chi connectivity index (χ1n) is 11.2. The number of carbonyl (C=O) groups excluding carboxylic acids is 2. The van der Waals surface area contributed by atoms with Crippen LogP contribution in [0.2, 0.25) is 5.02 Å². The number of allylic oxidation sites excluding steroid dienone is 1. The standard InChI is InChI=1S/C27H24ClN5O2S/c1-2-15-33-24(17-29-25(34)14-12-20-8-5-6-10-23(20)28)31-32-27(33)36-18-26(35)30-22-13-11-19-7-3-4-9-21(19)16-22/h2-14,16H,1,15,17-18H2,(H,29,34)(H,30,35)/b14-12+. The maximum absolute atomic E-state index is 12.5. The van der Waals surface area contributed by atoms with E-state index in [9.17, 15) is 9.59 Å². The molecule has 0 spiro atoms. The van der Waals surface area contributed by atoms with E-state index in [0.29, 0.717) is 22.5 Å². The van der Waals surface area contributed by atoms with Crippen LogP contribution in [0.1, 0.15) is 11.4 Å². The number of halogens is 1. The molecule has 7 nitrogen and oxygen atoms in total. The largest absolute Gasteiger partial charge is 0.345 e. The third-order valence-electron chi connectivity index (χ3n) is 5.21. The van der Waals surface area contributed by atoms with Crippen LogP contribution in [0.25, 0.3) is 16.8 Å². The smallest absolute Gasteiger partial charge is 0.244 e. The Labute approximate surface area is 218 Å². The van der Waals surface area contributed by atoms with Crippen LogP contribution < -0.4 is 10.6 Å². The summed E-state index contributed by atoms with van der Waals surface area (Å²) in [5.74, 6) is 0.288. The fraction of sp³-hybridized carbons (Fsp3) is 0.111. The van der Waals surface area contributed by atoms with E-state index in [4.69, 9.17) is 11.6 Å². The predicted octanol–water partition coefficient (Wildman–Crippen LogP) is 5.33. The highest BCUT2D eigenvalue weighted by molar-refractivity contribution is 7.99. The lowest BCUT2D eigenvalue weighted by molar-refractivity contribution is -0.116. The number of aromatic nitrogens is 3. The highest BCUT2D eigenvalue weighted by Crippen LogP contribution is 2.21. The number of hydrogen-bond donors (Lipinski definition) is 2. The number of rotatable bonds is 10. The zero-order valence-corrected chi connectivity index (χ0v) is 20.9. The molecule has 9 heteroatoms. The zero-order chi connectivity index (χ0) is 25.3. The van der Waals surface area contributed by atoms with Crippen molar-refractivity contribution >= 4 is 57.7 Å². The van der Waals surface area contributed by atoms with Crippen LogP contribution in [0, 0.1) is 0 Å². The first-order chi connectivity index (χ1) is 17.5. The predicted molar refractivity (Wildman–Crippen MR) is 146 cm³/mol. The van der Waals surface area contributed by atoms with Crippen LogP contribution in [0.15, 0.2) is 90.6 Å². The molecule has 0 bridgehead atoms. The number of carbonyl (C=O) groups is 2. The summed E-state index contributed by atoms with van der Waals surface area (Å²) in [5, 5.41) is 17.4. The van der Waals surface area contributed by atoms with Crippen LogP contribution in [-0.4, -0.2) is 32.3 Å². The molecular weight excluding hydrogens is 494 g/mol. The van der Waals surface area contributed by atoms with Crippen molar-refractivity contribution in [2.45, 2.75) is 18.2 Å². The fourth-order valence-electron chi connectivity index (χ4n) is 3.46. The topological polar surface area (TPSA) is 88.9 Å². The molecule has 0 fully saturated rings. The van der Waals surface area contributed by atoms with Gasteiger partial charge in [0.1, 0.15) is 0 Å². The molecule has 0 saturated carbocycles. The molecule has 1 heterocycles. The van der Waals surface area contributed by atoms with Crippen LogP contribution in [0.5, 0.6) is 0 Å². The van der Waals surface area contributed by atoms with Crippen molar-refractivity contribution in [3.8, 4) is 0 Å². The summed E-state index contributed by atoms with van der Waals surface area (Å²) in [7, 11) is 0. The van der Waals surface area contributed by atoms with Gasteiger partial charge in [0.05, 0.1) is 12.3 Å². The van der Waals surface area contributed by atoms with Crippen LogP contribution in [0.3, 0.4) is 0 Å². The number of anilines is 1. The Hall–Kier alpha value is -3.88. The van der Waals surface area contributed by atoms with Gasteiger partial charge in [-0.2, -0.15) is 0 Å². The van der Waals surface area contributed by atoms with E-state index in [0.717, 1.165) is 22.0 Å². The molecule has 4 aromatic rings. The molecule has 182 valence electrons. The minimum atomic E-state index is -0.285. The molecule has 0 unspecified atom stereocenters. The molecule has 4 rings (SSSR count). The molecule has 0 atom stereocenters. The van der Waals surface area contributed by atoms with Gasteiger partial charge < -0.3 is 15.2 Å². The van der Waals surface area contributed by atoms with Crippen LogP contribution in [0.4, 0.5) is 5.69 Å². The normalized spacial score (nSPS) is 11.0. The summed E-state index contributed by atoms with van der Waals surface area (Å²) in [6.45, 7) is 4.41. The summed E-state index contributed by atoms with van der Waals surface area (Å²) < 4.78 is 1.82. The van der Waals surface area contributed by atoms with Crippen molar-refractivity contribution in [2.24, 2.45) is 0 Å². The van der Waals surface area contributed by atoms with Gasteiger partial charge in [-0.05, 0) is 40.6 Å². The Kier molecular flexibility index (Phi) is 8.54. The Bertz CT molecular complexity index is 1430. The average Bonchev–Trinajstić information content (AvgIpc) is 3.27. The van der Waals surface area contributed by atoms with E-state index < -0.39 is 0 Å². The van der Waals surface area contributed by atoms with Gasteiger partial charge in [-0.1, -0.05) is 78.0 Å². The van der Waals surface area contributed by atoms with Gasteiger partial charge >= 0.3 is 0 Å². The van der Waals surface area contributed by atoms with E-state index >= 15 is 0 Å². The number of thioether (sulfide) groups is 1. The van der Waals surface area contributed by atoms with Crippen molar-refractivity contribution < 1.29 is 9.59 Å². The number of benzene rings is 3. The molecule has 36 heavy (non-hydrogen) atoms. The Morgan fingerprint density at radius 3 is 2.61 bits per heavy atom. The number of nitrogens with one attached hydrogen (secondary N) is 2. The van der Waals surface area contributed by atoms with Gasteiger partial charge in [0.15, 0.2) is 11.0 Å². The van der Waals surface area contributed by atoms with Gasteiger partial charge in [0.25, 0.3) is 0 Å². The average molecular weight is 518 g/mol. The summed E-state index contributed by atoms with van der Waals surface area (Å²) in [6, 6.07) is 21.0. The Morgan fingerprint density at radius 1 is 1.03 bits per heavy atom. The third-order valence-corrected chi connectivity index (χ3v) is 6.52. The van der Waals surface area contributed by atoms with Gasteiger partial charge in [-0.25, -0.2) is 0 Å². The maximum atomic E-state index is 12.5. The first-order valence-corrected chi connectivity index (χ1v) is 12.5. The van der Waals surface area contributed by atoms with Crippen LogP contribution >= 0.6 is 23.4 Å². The molecule has 0 radical (unpaired) electrons. The lowest BCUT2D eigenvalue weighted by atomic mass is 10.1. The molecule has 0 saturated heterocycles. The second-order valence-electron chi connectivity index (χ2n) is 7.77. The van der Waals surface area contributed by atoms with E-state index in [1.54, 1.807) is 18.2 Å². The molecular formula is C27H24ClN5O2S. The minimum absolute atomic E-state index is 0.150. The number of hydrogen-bond acceptors (Lipinski definition) is 5. The minimum Gasteiger partial charge on any atom is -0.345 e. The molecule has 3 aromatic carbocycles. The quantitative estimate of drug-likeness (QED) is 0.168. The number of fused-ring (bicyclic) bond motifs is 1. The molecule has 1 aromatic heterocycles. The highest BCUT2D eigenvalue weighted by Gasteiger charge is 2.14. The first kappa shape index (κ1) is 25.2. The number of nitrogens with zero attached hydrogens (tertiary/aromatic N) is 3. The molecule has 2 N–H and O–H groups in total. The molecule has 0 aliphatic heterocycles. The van der Waals surface area contributed by atoms with Gasteiger partial charge in [-0.15, -0.1) is 16.8 Å². The van der Waals surface area contributed by atoms with Crippen LogP contribution in [-0.2, 0) is 22.7 Å². The number of amides is 2. The van der Waals surface area contributed by atoms with E-state index in [2.05, 4.69) is 27.4 Å². The van der Waals surface area contributed by atoms with Crippen molar-refractivity contribution in [1.29, 1.82) is 0 Å². The summed E-state index contributed by atoms with van der Waals surface area (Å²) in [6.07, 6.45) is 4.79. The van der Waals surface area contributed by atoms with E-state index in [1.807, 2.05) is 65.2 Å². The van der Waals surface area contributed by atoms with E-state index in [-0.39, 0.29) is 24.1 Å². The monoisotopic (exact) mass is 517 g/mol. The maximum Gasteiger partial charge on any atom is 0.244 e. The summed E-state index contributed by atoms with van der Waals surface area (Å²) in [5.41, 5.74) is 1.49. The summed E-state index contributed by atoms with van der Waals surface area (Å²) in [4.78, 5) is 24.8. The van der Waals surface area contributed by atoms with Crippen molar-refractivity contribution in [3.05, 3.63) is 102 Å². The second kappa shape index (κ2) is 12.2. The Balaban J connectivity index is 1.33. The lowest BCUT2D eigenvalue weighted by Crippen LogP contribution is -2.23. The van der Waals surface area contributed by atoms with Gasteiger partial charge in [0, 0.05) is 23.3 Å². The van der Waals surface area contributed by atoms with Gasteiger partial charge in [0.2, 0.25) is 11.8 Å². The second-order valence-corrected chi connectivity index (χ2v) is 9.12. The highest BCUT2D eigenvalue weighted by atomic mass is 35.5. The van der Waals surface area contributed by atoms with E-state index in [1.165, 1.54) is 17.8 Å². The van der Waals surface area contributed by atoms with Crippen molar-refractivity contribution in [2.75, 3.05) is 11.1 Å². The Morgan fingerprint density at radius 2 is 1.81 bits per heavy atom. The third kappa shape index (κ3) is 6.62. The molecule has 0 aliphatic carbocycles. The molecule has 0 aliphatic rings. The fourth-order valence-corrected chi connectivity index (χ4v) is 4.43. The summed E-state index contributed by atoms with van der Waals surface area (Å²) >= 11 is 7.38. The zero-order valence-electron chi connectivity index (χ0n) is 19.4. The van der Waals surface area contributed by atoms with Gasteiger partial charge in [-0.3, -0.25) is 9.59 Å².